The molecule has 0 spiro atoms. The summed E-state index contributed by atoms with van der Waals surface area (Å²) in [6.45, 7) is 0. The van der Waals surface area contributed by atoms with Gasteiger partial charge in [-0.2, -0.15) is 0 Å². The van der Waals surface area contributed by atoms with E-state index in [1.54, 1.807) is 30.3 Å². The molecule has 7 heteroatoms. The number of hydrogen-bond donors (Lipinski definition) is 3. The smallest absolute Gasteiger partial charge is 0.349 e. The molecule has 2 aromatic rings. The molecule has 0 atom stereocenters. The van der Waals surface area contributed by atoms with Crippen molar-refractivity contribution in [3.05, 3.63) is 70.2 Å². The van der Waals surface area contributed by atoms with Crippen LogP contribution in [0.25, 0.3) is 5.57 Å². The van der Waals surface area contributed by atoms with Crippen molar-refractivity contribution >= 4 is 24.8 Å². The third kappa shape index (κ3) is 3.93. The molecule has 4 nitrogen and oxygen atoms in total. The second-order valence-electron chi connectivity index (χ2n) is 4.28. The highest BCUT2D eigenvalue weighted by Gasteiger charge is 2.20. The molecule has 0 radical (unpaired) electrons. The summed E-state index contributed by atoms with van der Waals surface area (Å²) in [6, 6.07) is 10.1. The van der Waals surface area contributed by atoms with Crippen molar-refractivity contribution in [3.63, 3.8) is 0 Å². The minimum Gasteiger partial charge on any atom is -0.507 e. The molecule has 110 valence electrons. The Hall–Kier alpha value is -1.65. The van der Waals surface area contributed by atoms with E-state index in [2.05, 4.69) is 0 Å². The highest BCUT2D eigenvalue weighted by atomic mass is 35.5. The SMILES string of the molecule is O=P(O)(O)/C=C(/c1ccccc1)c1c(O)cc(Cl)cc1F. The zero-order chi connectivity index (χ0) is 15.6. The van der Waals surface area contributed by atoms with Gasteiger partial charge in [-0.15, -0.1) is 0 Å². The molecule has 0 unspecified atom stereocenters. The minimum atomic E-state index is -4.58. The summed E-state index contributed by atoms with van der Waals surface area (Å²) in [5, 5.41) is 9.87. The fourth-order valence-electron chi connectivity index (χ4n) is 1.90. The van der Waals surface area contributed by atoms with E-state index in [0.29, 0.717) is 11.4 Å². The number of rotatable bonds is 3. The number of halogens is 2. The first-order valence-corrected chi connectivity index (χ1v) is 7.86. The monoisotopic (exact) mass is 328 g/mol. The first-order valence-electron chi connectivity index (χ1n) is 5.80. The van der Waals surface area contributed by atoms with Crippen LogP contribution in [-0.2, 0) is 4.57 Å². The van der Waals surface area contributed by atoms with E-state index in [1.807, 2.05) is 0 Å². The van der Waals surface area contributed by atoms with Gasteiger partial charge in [0.05, 0.1) is 5.56 Å². The van der Waals surface area contributed by atoms with Crippen LogP contribution in [0.1, 0.15) is 11.1 Å². The van der Waals surface area contributed by atoms with Gasteiger partial charge in [0.15, 0.2) is 0 Å². The van der Waals surface area contributed by atoms with Gasteiger partial charge in [-0.05, 0) is 17.7 Å². The lowest BCUT2D eigenvalue weighted by molar-refractivity contribution is 0.386. The predicted molar refractivity (Wildman–Crippen MR) is 78.6 cm³/mol. The highest BCUT2D eigenvalue weighted by Crippen LogP contribution is 2.44. The van der Waals surface area contributed by atoms with Crippen molar-refractivity contribution in [1.82, 2.24) is 0 Å². The molecule has 0 saturated carbocycles. The van der Waals surface area contributed by atoms with Crippen molar-refractivity contribution in [1.29, 1.82) is 0 Å². The van der Waals surface area contributed by atoms with Crippen LogP contribution in [0, 0.1) is 5.82 Å². The largest absolute Gasteiger partial charge is 0.507 e. The van der Waals surface area contributed by atoms with Crippen LogP contribution in [0.5, 0.6) is 5.75 Å². The van der Waals surface area contributed by atoms with E-state index < -0.39 is 19.2 Å². The van der Waals surface area contributed by atoms with Gasteiger partial charge in [-0.3, -0.25) is 4.57 Å². The maximum atomic E-state index is 14.1. The molecule has 0 aliphatic carbocycles. The number of benzene rings is 2. The molecule has 3 N–H and O–H groups in total. The first kappa shape index (κ1) is 15.7. The molecule has 0 bridgehead atoms. The lowest BCUT2D eigenvalue weighted by atomic mass is 9.98. The van der Waals surface area contributed by atoms with E-state index in [9.17, 15) is 14.1 Å². The van der Waals surface area contributed by atoms with Crippen molar-refractivity contribution in [2.45, 2.75) is 0 Å². The summed E-state index contributed by atoms with van der Waals surface area (Å²) in [5.41, 5.74) is -0.0538. The molecular weight excluding hydrogens is 318 g/mol. The lowest BCUT2D eigenvalue weighted by Crippen LogP contribution is -1.94. The quantitative estimate of drug-likeness (QED) is 0.750. The second kappa shape index (κ2) is 6.00. The van der Waals surface area contributed by atoms with Gasteiger partial charge in [0.25, 0.3) is 0 Å². The Morgan fingerprint density at radius 3 is 2.33 bits per heavy atom. The molecule has 2 aromatic carbocycles. The number of phenolic OH excluding ortho intramolecular Hbond substituents is 1. The van der Waals surface area contributed by atoms with Crippen molar-refractivity contribution in [3.8, 4) is 5.75 Å². The molecule has 0 fully saturated rings. The average Bonchev–Trinajstić information content (AvgIpc) is 2.36. The summed E-state index contributed by atoms with van der Waals surface area (Å²) in [7, 11) is -4.58. The van der Waals surface area contributed by atoms with E-state index in [1.165, 1.54) is 0 Å². The molecule has 2 rings (SSSR count). The van der Waals surface area contributed by atoms with Crippen LogP contribution in [0.2, 0.25) is 5.02 Å². The van der Waals surface area contributed by atoms with Crippen molar-refractivity contribution in [2.75, 3.05) is 0 Å². The molecule has 0 saturated heterocycles. The van der Waals surface area contributed by atoms with Gasteiger partial charge in [-0.25, -0.2) is 4.39 Å². The van der Waals surface area contributed by atoms with E-state index in [4.69, 9.17) is 21.4 Å². The van der Waals surface area contributed by atoms with Crippen LogP contribution in [0.4, 0.5) is 4.39 Å². The fraction of sp³-hybridized carbons (Fsp3) is 0. The van der Waals surface area contributed by atoms with Crippen molar-refractivity contribution in [2.24, 2.45) is 0 Å². The Bertz CT molecular complexity index is 717. The van der Waals surface area contributed by atoms with Crippen LogP contribution in [0.15, 0.2) is 48.3 Å². The van der Waals surface area contributed by atoms with Gasteiger partial charge in [-0.1, -0.05) is 41.9 Å². The molecule has 0 heterocycles. The van der Waals surface area contributed by atoms with E-state index >= 15 is 0 Å². The van der Waals surface area contributed by atoms with E-state index in [-0.39, 0.29) is 16.2 Å². The first-order chi connectivity index (χ1) is 9.78. The topological polar surface area (TPSA) is 77.8 Å². The summed E-state index contributed by atoms with van der Waals surface area (Å²) >= 11 is 5.63. The fourth-order valence-corrected chi connectivity index (χ4v) is 2.71. The molecule has 0 aliphatic rings. The van der Waals surface area contributed by atoms with Crippen LogP contribution >= 0.6 is 19.2 Å². The van der Waals surface area contributed by atoms with Crippen LogP contribution < -0.4 is 0 Å². The van der Waals surface area contributed by atoms with Crippen LogP contribution in [-0.4, -0.2) is 14.9 Å². The third-order valence-corrected chi connectivity index (χ3v) is 3.50. The normalized spacial score (nSPS) is 12.5. The number of aromatic hydroxyl groups is 1. The maximum absolute atomic E-state index is 14.1. The second-order valence-corrected chi connectivity index (χ2v) is 6.15. The van der Waals surface area contributed by atoms with Gasteiger partial charge < -0.3 is 14.9 Å². The molecule has 0 amide bonds. The molecule has 21 heavy (non-hydrogen) atoms. The highest BCUT2D eigenvalue weighted by molar-refractivity contribution is 7.55. The average molecular weight is 329 g/mol. The zero-order valence-corrected chi connectivity index (χ0v) is 12.2. The van der Waals surface area contributed by atoms with Crippen molar-refractivity contribution < 1.29 is 23.8 Å². The van der Waals surface area contributed by atoms with Gasteiger partial charge in [0, 0.05) is 16.4 Å². The summed E-state index contributed by atoms with van der Waals surface area (Å²) in [4.78, 5) is 18.3. The van der Waals surface area contributed by atoms with Crippen LogP contribution in [0.3, 0.4) is 0 Å². The minimum absolute atomic E-state index is 0.0164. The third-order valence-electron chi connectivity index (χ3n) is 2.69. The summed E-state index contributed by atoms with van der Waals surface area (Å²) < 4.78 is 25.3. The maximum Gasteiger partial charge on any atom is 0.349 e. The number of phenols is 1. The van der Waals surface area contributed by atoms with E-state index in [0.717, 1.165) is 12.1 Å². The Kier molecular flexibility index (Phi) is 4.49. The van der Waals surface area contributed by atoms with Gasteiger partial charge in [0.2, 0.25) is 0 Å². The Balaban J connectivity index is 2.74. The Morgan fingerprint density at radius 2 is 1.81 bits per heavy atom. The van der Waals surface area contributed by atoms with Gasteiger partial charge in [0.1, 0.15) is 11.6 Å². The zero-order valence-electron chi connectivity index (χ0n) is 10.6. The molecule has 0 aromatic heterocycles. The number of hydrogen-bond acceptors (Lipinski definition) is 2. The summed E-state index contributed by atoms with van der Waals surface area (Å²) in [6.07, 6.45) is 0. The van der Waals surface area contributed by atoms with Gasteiger partial charge >= 0.3 is 7.60 Å². The molecular formula is C14H11ClFO4P. The standard InChI is InChI=1S/C14H11ClFO4P/c15-10-6-12(16)14(13(17)7-10)11(8-21(18,19)20)9-4-2-1-3-5-9/h1-8,17H,(H2,18,19,20)/b11-8-. The summed E-state index contributed by atoms with van der Waals surface area (Å²) in [5.74, 6) is -0.749. The predicted octanol–water partition coefficient (Wildman–Crippen LogP) is 3.75. The Morgan fingerprint density at radius 1 is 1.19 bits per heavy atom. The lowest BCUT2D eigenvalue weighted by Gasteiger charge is -2.12. The molecule has 0 aliphatic heterocycles. The Labute approximate surface area is 125 Å².